The summed E-state index contributed by atoms with van der Waals surface area (Å²) in [5.74, 6) is 9.17. The van der Waals surface area contributed by atoms with Gasteiger partial charge in [-0.15, -0.1) is 0 Å². The van der Waals surface area contributed by atoms with Crippen molar-refractivity contribution in [2.24, 2.45) is 11.7 Å². The van der Waals surface area contributed by atoms with Crippen molar-refractivity contribution < 1.29 is 14.3 Å². The number of hydrogen-bond acceptors (Lipinski definition) is 5. The van der Waals surface area contributed by atoms with Crippen molar-refractivity contribution in [3.8, 4) is 5.75 Å². The second kappa shape index (κ2) is 6.58. The molecule has 0 aliphatic heterocycles. The second-order valence-electron chi connectivity index (χ2n) is 3.61. The summed E-state index contributed by atoms with van der Waals surface area (Å²) in [4.78, 5) is 22.9. The van der Waals surface area contributed by atoms with E-state index in [0.29, 0.717) is 11.3 Å². The van der Waals surface area contributed by atoms with E-state index in [4.69, 9.17) is 16.4 Å². The number of nitrogens with two attached hydrogens (primary N) is 2. The Kier molecular flexibility index (Phi) is 5.09. The van der Waals surface area contributed by atoms with Crippen LogP contribution in [-0.4, -0.2) is 18.9 Å². The van der Waals surface area contributed by atoms with Crippen LogP contribution in [0.1, 0.15) is 17.9 Å². The van der Waals surface area contributed by atoms with Crippen LogP contribution in [0.3, 0.4) is 0 Å². The van der Waals surface area contributed by atoms with E-state index in [-0.39, 0.29) is 6.42 Å². The lowest BCUT2D eigenvalue weighted by molar-refractivity contribution is -0.127. The van der Waals surface area contributed by atoms with Crippen molar-refractivity contribution in [2.45, 2.75) is 12.3 Å². The zero-order valence-electron chi connectivity index (χ0n) is 9.97. The summed E-state index contributed by atoms with van der Waals surface area (Å²) >= 11 is 0. The van der Waals surface area contributed by atoms with Crippen LogP contribution in [0.5, 0.6) is 5.75 Å². The molecule has 0 unspecified atom stereocenters. The van der Waals surface area contributed by atoms with Crippen LogP contribution < -0.4 is 27.3 Å². The molecular formula is C11H16N4O3. The van der Waals surface area contributed by atoms with Crippen LogP contribution in [0.4, 0.5) is 0 Å². The largest absolute Gasteiger partial charge is 0.497 e. The molecule has 0 bridgehead atoms. The van der Waals surface area contributed by atoms with Gasteiger partial charge in [0.05, 0.1) is 13.0 Å². The quantitative estimate of drug-likeness (QED) is 0.309. The van der Waals surface area contributed by atoms with E-state index in [2.05, 4.69) is 0 Å². The minimum absolute atomic E-state index is 0.0775. The van der Waals surface area contributed by atoms with Gasteiger partial charge in [-0.2, -0.15) is 0 Å². The van der Waals surface area contributed by atoms with Crippen molar-refractivity contribution in [2.75, 3.05) is 7.11 Å². The summed E-state index contributed by atoms with van der Waals surface area (Å²) in [6, 6.07) is 6.80. The normalized spacial score (nSPS) is 11.5. The molecule has 0 saturated carbocycles. The summed E-state index contributed by atoms with van der Waals surface area (Å²) < 4.78 is 5.01. The average molecular weight is 252 g/mol. The van der Waals surface area contributed by atoms with Crippen LogP contribution >= 0.6 is 0 Å². The number of amides is 2. The third-order valence-corrected chi connectivity index (χ3v) is 2.53. The minimum atomic E-state index is -0.690. The van der Waals surface area contributed by atoms with E-state index in [9.17, 15) is 9.59 Å². The average Bonchev–Trinajstić information content (AvgIpc) is 2.43. The van der Waals surface area contributed by atoms with Gasteiger partial charge in [-0.05, 0) is 17.7 Å². The minimum Gasteiger partial charge on any atom is -0.497 e. The van der Waals surface area contributed by atoms with E-state index in [0.717, 1.165) is 0 Å². The third kappa shape index (κ3) is 3.44. The van der Waals surface area contributed by atoms with Crippen molar-refractivity contribution in [3.63, 3.8) is 0 Å². The van der Waals surface area contributed by atoms with Gasteiger partial charge >= 0.3 is 0 Å². The monoisotopic (exact) mass is 252 g/mol. The lowest BCUT2D eigenvalue weighted by atomic mass is 9.94. The zero-order valence-corrected chi connectivity index (χ0v) is 9.97. The fraction of sp³-hybridized carbons (Fsp3) is 0.273. The van der Waals surface area contributed by atoms with E-state index >= 15 is 0 Å². The summed E-state index contributed by atoms with van der Waals surface area (Å²) in [6.07, 6.45) is -0.0775. The highest BCUT2D eigenvalue weighted by Gasteiger charge is 2.22. The van der Waals surface area contributed by atoms with Crippen LogP contribution in [0.2, 0.25) is 0 Å². The standard InChI is InChI=1S/C11H16N4O3/c1-18-8-4-2-7(3-5-8)9(11(17)15-13)6-10(16)14-12/h2-5,9H,6,12-13H2,1H3,(H,14,16)(H,15,17)/t9-/m1/s1. The SMILES string of the molecule is COc1ccc([C@@H](CC(=O)NN)C(=O)NN)cc1. The van der Waals surface area contributed by atoms with Crippen LogP contribution in [-0.2, 0) is 9.59 Å². The molecular weight excluding hydrogens is 236 g/mol. The predicted molar refractivity (Wildman–Crippen MR) is 65.0 cm³/mol. The molecule has 6 N–H and O–H groups in total. The highest BCUT2D eigenvalue weighted by Crippen LogP contribution is 2.22. The molecule has 2 amide bonds. The number of methoxy groups -OCH3 is 1. The lowest BCUT2D eigenvalue weighted by Crippen LogP contribution is -2.38. The first-order valence-corrected chi connectivity index (χ1v) is 5.26. The molecule has 0 aromatic heterocycles. The summed E-state index contributed by atoms with van der Waals surface area (Å²) in [5, 5.41) is 0. The molecule has 0 saturated heterocycles. The number of carbonyl (C=O) groups excluding carboxylic acids is 2. The highest BCUT2D eigenvalue weighted by atomic mass is 16.5. The Morgan fingerprint density at radius 3 is 2.28 bits per heavy atom. The van der Waals surface area contributed by atoms with Gasteiger partial charge < -0.3 is 4.74 Å². The van der Waals surface area contributed by atoms with Crippen molar-refractivity contribution >= 4 is 11.8 Å². The van der Waals surface area contributed by atoms with Gasteiger partial charge in [-0.25, -0.2) is 11.7 Å². The number of benzene rings is 1. The number of hydrazine groups is 2. The maximum absolute atomic E-state index is 11.6. The van der Waals surface area contributed by atoms with Gasteiger partial charge in [0.2, 0.25) is 11.8 Å². The number of nitrogens with one attached hydrogen (secondary N) is 2. The smallest absolute Gasteiger partial charge is 0.241 e. The van der Waals surface area contributed by atoms with Gasteiger partial charge in [0.1, 0.15) is 5.75 Å². The summed E-state index contributed by atoms with van der Waals surface area (Å²) in [6.45, 7) is 0. The molecule has 18 heavy (non-hydrogen) atoms. The van der Waals surface area contributed by atoms with Gasteiger partial charge in [0.15, 0.2) is 0 Å². The van der Waals surface area contributed by atoms with Crippen molar-refractivity contribution in [3.05, 3.63) is 29.8 Å². The zero-order chi connectivity index (χ0) is 13.5. The number of rotatable bonds is 5. The first-order valence-electron chi connectivity index (χ1n) is 5.26. The van der Waals surface area contributed by atoms with Gasteiger partial charge in [-0.1, -0.05) is 12.1 Å². The molecule has 1 aromatic carbocycles. The second-order valence-corrected chi connectivity index (χ2v) is 3.61. The Morgan fingerprint density at radius 1 is 1.22 bits per heavy atom. The molecule has 0 radical (unpaired) electrons. The third-order valence-electron chi connectivity index (χ3n) is 2.53. The molecule has 0 fully saturated rings. The van der Waals surface area contributed by atoms with Crippen molar-refractivity contribution in [1.29, 1.82) is 0 Å². The van der Waals surface area contributed by atoms with E-state index < -0.39 is 17.7 Å². The number of ether oxygens (including phenoxy) is 1. The van der Waals surface area contributed by atoms with Gasteiger partial charge in [-0.3, -0.25) is 20.4 Å². The molecule has 0 heterocycles. The molecule has 0 aliphatic rings. The van der Waals surface area contributed by atoms with E-state index in [1.54, 1.807) is 31.4 Å². The van der Waals surface area contributed by atoms with Gasteiger partial charge in [0, 0.05) is 6.42 Å². The fourth-order valence-corrected chi connectivity index (χ4v) is 1.54. The Bertz CT molecular complexity index is 419. The van der Waals surface area contributed by atoms with Crippen LogP contribution in [0.15, 0.2) is 24.3 Å². The molecule has 98 valence electrons. The number of hydrogen-bond donors (Lipinski definition) is 4. The molecule has 1 rings (SSSR count). The predicted octanol–water partition coefficient (Wildman–Crippen LogP) is -0.851. The maximum atomic E-state index is 11.6. The molecule has 0 aliphatic carbocycles. The van der Waals surface area contributed by atoms with E-state index in [1.807, 2.05) is 10.9 Å². The van der Waals surface area contributed by atoms with E-state index in [1.165, 1.54) is 0 Å². The Balaban J connectivity index is 2.93. The molecule has 1 atom stereocenters. The Hall–Kier alpha value is -2.12. The molecule has 7 heteroatoms. The first kappa shape index (κ1) is 13.9. The lowest BCUT2D eigenvalue weighted by Gasteiger charge is -2.15. The number of carbonyl (C=O) groups is 2. The molecule has 7 nitrogen and oxygen atoms in total. The van der Waals surface area contributed by atoms with Crippen LogP contribution in [0.25, 0.3) is 0 Å². The maximum Gasteiger partial charge on any atom is 0.241 e. The van der Waals surface area contributed by atoms with Crippen LogP contribution in [0, 0.1) is 0 Å². The Labute approximate surface area is 104 Å². The summed E-state index contributed by atoms with van der Waals surface area (Å²) in [5.41, 5.74) is 4.67. The topological polar surface area (TPSA) is 119 Å². The molecule has 0 spiro atoms. The Morgan fingerprint density at radius 2 is 1.83 bits per heavy atom. The van der Waals surface area contributed by atoms with Crippen molar-refractivity contribution in [1.82, 2.24) is 10.9 Å². The summed E-state index contributed by atoms with van der Waals surface area (Å²) in [7, 11) is 1.54. The molecule has 1 aromatic rings. The highest BCUT2D eigenvalue weighted by molar-refractivity contribution is 5.89. The fourth-order valence-electron chi connectivity index (χ4n) is 1.54. The first-order chi connectivity index (χ1) is 8.62. The van der Waals surface area contributed by atoms with Gasteiger partial charge in [0.25, 0.3) is 0 Å².